The van der Waals surface area contributed by atoms with Crippen molar-refractivity contribution in [3.63, 3.8) is 0 Å². The number of hydrogen-bond acceptors (Lipinski definition) is 3. The van der Waals surface area contributed by atoms with E-state index in [0.29, 0.717) is 17.1 Å². The fourth-order valence-electron chi connectivity index (χ4n) is 1.99. The van der Waals surface area contributed by atoms with Crippen molar-refractivity contribution in [2.75, 3.05) is 17.2 Å². The number of ether oxygens (including phenoxy) is 1. The van der Waals surface area contributed by atoms with Gasteiger partial charge in [-0.25, -0.2) is 8.78 Å². The zero-order valence-corrected chi connectivity index (χ0v) is 11.2. The molecule has 0 saturated carbocycles. The second-order valence-corrected chi connectivity index (χ2v) is 4.63. The summed E-state index contributed by atoms with van der Waals surface area (Å²) in [5.41, 5.74) is 0.901. The average molecular weight is 304 g/mol. The number of carbonyl (C=O) groups excluding carboxylic acids is 2. The Morgan fingerprint density at radius 2 is 1.95 bits per heavy atom. The third-order valence-corrected chi connectivity index (χ3v) is 3.05. The molecule has 5 nitrogen and oxygen atoms in total. The Bertz CT molecular complexity index is 777. The van der Waals surface area contributed by atoms with Crippen LogP contribution in [0.3, 0.4) is 0 Å². The molecule has 1 aliphatic heterocycles. The topological polar surface area (TPSA) is 67.4 Å². The van der Waals surface area contributed by atoms with Gasteiger partial charge in [-0.3, -0.25) is 9.59 Å². The van der Waals surface area contributed by atoms with Gasteiger partial charge >= 0.3 is 0 Å². The van der Waals surface area contributed by atoms with Gasteiger partial charge in [-0.05, 0) is 30.3 Å². The number of benzene rings is 2. The number of rotatable bonds is 2. The van der Waals surface area contributed by atoms with Crippen LogP contribution in [0, 0.1) is 11.6 Å². The summed E-state index contributed by atoms with van der Waals surface area (Å²) in [5.74, 6) is -2.54. The lowest BCUT2D eigenvalue weighted by Crippen LogP contribution is -2.25. The monoisotopic (exact) mass is 304 g/mol. The average Bonchev–Trinajstić information content (AvgIpc) is 2.50. The van der Waals surface area contributed by atoms with Crippen molar-refractivity contribution < 1.29 is 23.1 Å². The van der Waals surface area contributed by atoms with Gasteiger partial charge in [0.25, 0.3) is 11.8 Å². The molecule has 1 aliphatic rings. The first-order valence-electron chi connectivity index (χ1n) is 6.36. The Balaban J connectivity index is 1.79. The van der Waals surface area contributed by atoms with Crippen molar-refractivity contribution in [2.45, 2.75) is 0 Å². The minimum Gasteiger partial charge on any atom is -0.482 e. The fourth-order valence-corrected chi connectivity index (χ4v) is 1.99. The van der Waals surface area contributed by atoms with Gasteiger partial charge in [0.15, 0.2) is 18.2 Å². The van der Waals surface area contributed by atoms with Crippen LogP contribution in [-0.4, -0.2) is 18.4 Å². The second-order valence-electron chi connectivity index (χ2n) is 4.63. The van der Waals surface area contributed by atoms with E-state index in [1.165, 1.54) is 12.1 Å². The number of hydrogen-bond donors (Lipinski definition) is 2. The summed E-state index contributed by atoms with van der Waals surface area (Å²) in [6.45, 7) is -0.104. The molecule has 0 aromatic heterocycles. The van der Waals surface area contributed by atoms with Gasteiger partial charge < -0.3 is 15.4 Å². The Kier molecular flexibility index (Phi) is 3.46. The summed E-state index contributed by atoms with van der Waals surface area (Å²) in [6, 6.07) is 7.56. The number of nitrogens with one attached hydrogen (secondary N) is 2. The molecule has 2 aromatic carbocycles. The molecule has 22 heavy (non-hydrogen) atoms. The summed E-state index contributed by atoms with van der Waals surface area (Å²) < 4.78 is 31.2. The molecule has 2 N–H and O–H groups in total. The van der Waals surface area contributed by atoms with Gasteiger partial charge in [-0.15, -0.1) is 0 Å². The first kappa shape index (κ1) is 14.0. The predicted octanol–water partition coefficient (Wildman–Crippen LogP) is 2.55. The molecule has 0 radical (unpaired) electrons. The summed E-state index contributed by atoms with van der Waals surface area (Å²) >= 11 is 0. The molecule has 0 bridgehead atoms. The molecular formula is C15H10F2N2O3. The van der Waals surface area contributed by atoms with Crippen LogP contribution in [0.15, 0.2) is 36.4 Å². The van der Waals surface area contributed by atoms with Crippen LogP contribution in [-0.2, 0) is 4.79 Å². The van der Waals surface area contributed by atoms with E-state index in [2.05, 4.69) is 10.6 Å². The highest BCUT2D eigenvalue weighted by Gasteiger charge is 2.17. The normalized spacial score (nSPS) is 12.9. The van der Waals surface area contributed by atoms with E-state index in [0.717, 1.165) is 12.1 Å². The van der Waals surface area contributed by atoms with Crippen molar-refractivity contribution in [3.05, 3.63) is 53.6 Å². The third kappa shape index (κ3) is 2.73. The first-order valence-corrected chi connectivity index (χ1v) is 6.36. The maximum Gasteiger partial charge on any atom is 0.262 e. The summed E-state index contributed by atoms with van der Waals surface area (Å²) in [4.78, 5) is 23.1. The van der Waals surface area contributed by atoms with Crippen LogP contribution in [0.25, 0.3) is 0 Å². The zero-order chi connectivity index (χ0) is 15.7. The molecule has 7 heteroatoms. The highest BCUT2D eigenvalue weighted by atomic mass is 19.2. The Hall–Kier alpha value is -2.96. The van der Waals surface area contributed by atoms with Crippen molar-refractivity contribution >= 4 is 23.2 Å². The molecule has 0 atom stereocenters. The van der Waals surface area contributed by atoms with Crippen molar-refractivity contribution in [1.82, 2.24) is 0 Å². The minimum absolute atomic E-state index is 0.00848. The highest BCUT2D eigenvalue weighted by Crippen LogP contribution is 2.30. The van der Waals surface area contributed by atoms with Crippen LogP contribution < -0.4 is 15.4 Å². The standard InChI is InChI=1S/C15H10F2N2O3/c16-10-3-1-8(5-11(10)17)15(21)18-9-2-4-12-13(6-9)22-7-14(20)19-12/h1-6H,7H2,(H,18,21)(H,19,20). The molecule has 0 aliphatic carbocycles. The summed E-state index contributed by atoms with van der Waals surface area (Å²) in [6.07, 6.45) is 0. The number of amides is 2. The molecule has 0 spiro atoms. The van der Waals surface area contributed by atoms with E-state index in [1.807, 2.05) is 0 Å². The van der Waals surface area contributed by atoms with E-state index in [-0.39, 0.29) is 18.1 Å². The van der Waals surface area contributed by atoms with Crippen molar-refractivity contribution in [3.8, 4) is 5.75 Å². The number of halogens is 2. The fraction of sp³-hybridized carbons (Fsp3) is 0.0667. The van der Waals surface area contributed by atoms with E-state index >= 15 is 0 Å². The molecule has 2 amide bonds. The largest absolute Gasteiger partial charge is 0.482 e. The predicted molar refractivity (Wildman–Crippen MR) is 74.9 cm³/mol. The molecule has 112 valence electrons. The molecular weight excluding hydrogens is 294 g/mol. The molecule has 3 rings (SSSR count). The first-order chi connectivity index (χ1) is 10.5. The number of anilines is 2. The van der Waals surface area contributed by atoms with Crippen molar-refractivity contribution in [2.24, 2.45) is 0 Å². The maximum absolute atomic E-state index is 13.1. The van der Waals surface area contributed by atoms with Crippen LogP contribution in [0.5, 0.6) is 5.75 Å². The van der Waals surface area contributed by atoms with Crippen LogP contribution in [0.2, 0.25) is 0 Å². The van der Waals surface area contributed by atoms with Crippen LogP contribution in [0.4, 0.5) is 20.2 Å². The molecule has 0 fully saturated rings. The second kappa shape index (κ2) is 5.44. The zero-order valence-electron chi connectivity index (χ0n) is 11.2. The van der Waals surface area contributed by atoms with E-state index in [4.69, 9.17) is 4.74 Å². The van der Waals surface area contributed by atoms with Crippen LogP contribution >= 0.6 is 0 Å². The maximum atomic E-state index is 13.1. The lowest BCUT2D eigenvalue weighted by molar-refractivity contribution is -0.118. The van der Waals surface area contributed by atoms with Gasteiger partial charge in [-0.1, -0.05) is 0 Å². The van der Waals surface area contributed by atoms with Gasteiger partial charge in [0.05, 0.1) is 5.69 Å². The lowest BCUT2D eigenvalue weighted by Gasteiger charge is -2.18. The molecule has 0 saturated heterocycles. The molecule has 2 aromatic rings. The smallest absolute Gasteiger partial charge is 0.262 e. The summed E-state index contributed by atoms with van der Waals surface area (Å²) in [7, 11) is 0. The minimum atomic E-state index is -1.09. The van der Waals surface area contributed by atoms with E-state index < -0.39 is 17.5 Å². The Morgan fingerprint density at radius 1 is 1.14 bits per heavy atom. The van der Waals surface area contributed by atoms with Crippen molar-refractivity contribution in [1.29, 1.82) is 0 Å². The van der Waals surface area contributed by atoms with Crippen LogP contribution in [0.1, 0.15) is 10.4 Å². The van der Waals surface area contributed by atoms with Gasteiger partial charge in [-0.2, -0.15) is 0 Å². The van der Waals surface area contributed by atoms with Gasteiger partial charge in [0.2, 0.25) is 0 Å². The molecule has 0 unspecified atom stereocenters. The number of fused-ring (bicyclic) bond motifs is 1. The SMILES string of the molecule is O=C1COc2cc(NC(=O)c3ccc(F)c(F)c3)ccc2N1. The number of carbonyl (C=O) groups is 2. The Labute approximate surface area is 123 Å². The third-order valence-electron chi connectivity index (χ3n) is 3.05. The van der Waals surface area contributed by atoms with Gasteiger partial charge in [0.1, 0.15) is 5.75 Å². The van der Waals surface area contributed by atoms with E-state index in [9.17, 15) is 18.4 Å². The van der Waals surface area contributed by atoms with Gasteiger partial charge in [0, 0.05) is 17.3 Å². The quantitative estimate of drug-likeness (QED) is 0.896. The molecule has 1 heterocycles. The summed E-state index contributed by atoms with van der Waals surface area (Å²) in [5, 5.41) is 5.16. The highest BCUT2D eigenvalue weighted by molar-refractivity contribution is 6.04. The lowest BCUT2D eigenvalue weighted by atomic mass is 10.2. The van der Waals surface area contributed by atoms with E-state index in [1.54, 1.807) is 12.1 Å². The Morgan fingerprint density at radius 3 is 2.73 bits per heavy atom.